The Balaban J connectivity index is 1.27. The molecule has 482 valence electrons. The van der Waals surface area contributed by atoms with E-state index in [2.05, 4.69) is 41.9 Å². The van der Waals surface area contributed by atoms with Crippen molar-refractivity contribution in [2.45, 2.75) is 191 Å². The Morgan fingerprint density at radius 2 is 1.42 bits per heavy atom. The number of guanidine groups is 1. The van der Waals surface area contributed by atoms with Gasteiger partial charge >= 0.3 is 0 Å². The summed E-state index contributed by atoms with van der Waals surface area (Å²) < 4.78 is 0. The highest BCUT2D eigenvalue weighted by Crippen LogP contribution is 2.29. The number of nitrogens with zero attached hydrogens (tertiary/aromatic N) is 2. The number of primary amides is 2. The predicted molar refractivity (Wildman–Crippen MR) is 326 cm³/mol. The minimum atomic E-state index is -1.68. The van der Waals surface area contributed by atoms with Crippen LogP contribution in [0.4, 0.5) is 0 Å². The number of carbonyl (C=O) groups is 11. The lowest BCUT2D eigenvalue weighted by atomic mass is 9.83. The molecule has 0 unspecified atom stereocenters. The van der Waals surface area contributed by atoms with Gasteiger partial charge in [-0.2, -0.15) is 0 Å². The molecule has 3 aromatic rings. The minimum Gasteiger partial charge on any atom is -0.508 e. The third-order valence-corrected chi connectivity index (χ3v) is 16.4. The molecule has 8 amide bonds. The smallest absolute Gasteiger partial charge is 0.246 e. The standard InChI is InChI=1S/C62H90N12O14/c1-5-6-17-46(53(80)29-39(15-12-25-67-62(65)66-4)58(85)73-49(57(64)84)28-40-33-68-45-18-11-10-16-43(40)45)70-56(83)24-23-52(79)47(26-37-13-8-7-9-14-37)71-59(86)44(35(2)75)31-54(81)48(32-55(63)82)72-60(87)51-30-42(78)34-74(51)61(88)50(69-36(3)76)27-38-19-21-41(77)22-20-38/h10-11,16,18-22,33,35,37,39,42,44,46-51,68,75,77-78H,5-9,12-15,17,23-32,34H2,1-4H3,(H2,63,82)(H2,64,84)(H,69,76)(H,70,83)(H,71,86)(H,72,87)(H,73,85)(H3,65,66,67)/t35-,39-,42-,44+,46+,47+,48+,49+,50-,51+/m1/s1. The SMILES string of the molecule is CCCC[C@H](NC(=O)CCC(=O)[C@H](CC1CCCCC1)NC(=O)[C@@H](CC(=O)[C@H](CC(N)=O)NC(=O)[C@@H]1C[C@@H](O)CN1C(=O)[C@@H](Cc1ccc(O)cc1)NC(C)=O)[C@@H](C)O)C(=O)C[C@@H](CCCNC(N)=NC)C(=O)N[C@@H](Cc1c[nH]c2ccccc12)C(N)=O. The van der Waals surface area contributed by atoms with E-state index in [1.165, 1.54) is 33.0 Å². The molecule has 10 atom stereocenters. The number of nitrogens with two attached hydrogens (primary N) is 3. The monoisotopic (exact) mass is 1230 g/mol. The summed E-state index contributed by atoms with van der Waals surface area (Å²) in [6.07, 6.45) is 2.53. The highest BCUT2D eigenvalue weighted by Gasteiger charge is 2.43. The van der Waals surface area contributed by atoms with E-state index in [0.717, 1.165) is 53.5 Å². The molecule has 2 aliphatic rings. The molecule has 88 heavy (non-hydrogen) atoms. The van der Waals surface area contributed by atoms with Crippen LogP contribution < -0.4 is 49.1 Å². The maximum atomic E-state index is 14.3. The van der Waals surface area contributed by atoms with Crippen LogP contribution in [-0.2, 0) is 65.6 Å². The van der Waals surface area contributed by atoms with Crippen LogP contribution in [0.25, 0.3) is 10.9 Å². The van der Waals surface area contributed by atoms with E-state index >= 15 is 0 Å². The molecule has 2 fully saturated rings. The molecule has 0 spiro atoms. The van der Waals surface area contributed by atoms with Crippen molar-refractivity contribution in [1.29, 1.82) is 0 Å². The van der Waals surface area contributed by atoms with Crippen LogP contribution in [0.3, 0.4) is 0 Å². The molecule has 16 N–H and O–H groups in total. The van der Waals surface area contributed by atoms with Crippen LogP contribution in [0.2, 0.25) is 0 Å². The number of aliphatic hydroxyl groups is 2. The zero-order valence-electron chi connectivity index (χ0n) is 50.9. The number of amides is 8. The fourth-order valence-corrected chi connectivity index (χ4v) is 11.5. The summed E-state index contributed by atoms with van der Waals surface area (Å²) >= 11 is 0. The maximum absolute atomic E-state index is 14.3. The van der Waals surface area contributed by atoms with Crippen molar-refractivity contribution in [3.8, 4) is 5.75 Å². The van der Waals surface area contributed by atoms with Gasteiger partial charge in [0.2, 0.25) is 47.3 Å². The van der Waals surface area contributed by atoms with Crippen LogP contribution in [0.5, 0.6) is 5.75 Å². The molecule has 5 rings (SSSR count). The van der Waals surface area contributed by atoms with Crippen molar-refractivity contribution >= 4 is 81.5 Å². The number of rotatable bonds is 36. The number of carbonyl (C=O) groups excluding carboxylic acids is 11. The first-order valence-electron chi connectivity index (χ1n) is 30.5. The molecule has 26 heteroatoms. The number of fused-ring (bicyclic) bond motifs is 1. The summed E-state index contributed by atoms with van der Waals surface area (Å²) in [7, 11) is 1.51. The summed E-state index contributed by atoms with van der Waals surface area (Å²) in [4.78, 5) is 158. The Morgan fingerprint density at radius 3 is 2.07 bits per heavy atom. The number of H-pyrrole nitrogens is 1. The third kappa shape index (κ3) is 22.2. The number of Topliss-reactive ketones (excluding diaryl/α,β-unsaturated/α-hetero) is 3. The highest BCUT2D eigenvalue weighted by atomic mass is 16.3. The fraction of sp³-hybridized carbons (Fsp3) is 0.581. The molecule has 2 heterocycles. The van der Waals surface area contributed by atoms with Gasteiger partial charge in [-0.25, -0.2) is 0 Å². The molecule has 0 bridgehead atoms. The topological polar surface area (TPSA) is 430 Å². The Hall–Kier alpha value is -8.26. The summed E-state index contributed by atoms with van der Waals surface area (Å²) in [5.41, 5.74) is 19.3. The molecule has 2 aromatic carbocycles. The molecule has 1 saturated heterocycles. The van der Waals surface area contributed by atoms with Crippen LogP contribution >= 0.6 is 0 Å². The number of hydrogen-bond acceptors (Lipinski definition) is 15. The van der Waals surface area contributed by atoms with E-state index in [1.54, 1.807) is 18.3 Å². The maximum Gasteiger partial charge on any atom is 0.246 e. The van der Waals surface area contributed by atoms with E-state index in [9.17, 15) is 68.1 Å². The van der Waals surface area contributed by atoms with Crippen LogP contribution in [-0.4, -0.2) is 164 Å². The van der Waals surface area contributed by atoms with Crippen molar-refractivity contribution in [2.75, 3.05) is 20.1 Å². The average Bonchev–Trinajstić information content (AvgIpc) is 2.01. The van der Waals surface area contributed by atoms with E-state index in [0.29, 0.717) is 31.4 Å². The van der Waals surface area contributed by atoms with Crippen LogP contribution in [0.15, 0.2) is 59.7 Å². The lowest BCUT2D eigenvalue weighted by Gasteiger charge is -2.30. The molecular formula is C62H90N12O14. The van der Waals surface area contributed by atoms with E-state index in [1.807, 2.05) is 31.2 Å². The summed E-state index contributed by atoms with van der Waals surface area (Å²) in [5.74, 6) is -10.4. The molecular weight excluding hydrogens is 1140 g/mol. The van der Waals surface area contributed by atoms with E-state index in [-0.39, 0.29) is 75.5 Å². The lowest BCUT2D eigenvalue weighted by molar-refractivity contribution is -0.142. The molecule has 26 nitrogen and oxygen atoms in total. The number of benzene rings is 2. The molecule has 1 aliphatic heterocycles. The van der Waals surface area contributed by atoms with Crippen LogP contribution in [0, 0.1) is 17.8 Å². The number of hydrogen-bond donors (Lipinski definition) is 13. The van der Waals surface area contributed by atoms with Crippen molar-refractivity contribution < 1.29 is 68.1 Å². The number of aromatic hydroxyl groups is 1. The lowest BCUT2D eigenvalue weighted by Crippen LogP contribution is -2.56. The summed E-state index contributed by atoms with van der Waals surface area (Å²) in [6.45, 7) is 4.34. The van der Waals surface area contributed by atoms with E-state index in [4.69, 9.17) is 17.2 Å². The Kier molecular flexibility index (Phi) is 28.0. The van der Waals surface area contributed by atoms with Gasteiger partial charge in [-0.3, -0.25) is 57.7 Å². The number of phenolic OH excluding ortho intramolecular Hbond substituents is 1. The van der Waals surface area contributed by atoms with Gasteiger partial charge in [0.25, 0.3) is 0 Å². The Bertz CT molecular complexity index is 2940. The van der Waals surface area contributed by atoms with Crippen LogP contribution in [0.1, 0.15) is 141 Å². The largest absolute Gasteiger partial charge is 0.508 e. The quantitative estimate of drug-likeness (QED) is 0.0217. The first-order valence-corrected chi connectivity index (χ1v) is 30.5. The van der Waals surface area contributed by atoms with Crippen molar-refractivity contribution in [1.82, 2.24) is 41.8 Å². The molecule has 1 saturated carbocycles. The van der Waals surface area contributed by atoms with E-state index < -0.39 is 144 Å². The number of unbranched alkanes of at least 4 members (excludes halogenated alkanes) is 1. The van der Waals surface area contributed by atoms with Crippen molar-refractivity contribution in [3.05, 3.63) is 65.9 Å². The minimum absolute atomic E-state index is 0.00128. The Morgan fingerprint density at radius 1 is 0.739 bits per heavy atom. The average molecular weight is 1230 g/mol. The summed E-state index contributed by atoms with van der Waals surface area (Å²) in [5, 5.41) is 48.6. The second kappa shape index (κ2) is 34.9. The number of aliphatic imine (C=N–C) groups is 1. The van der Waals surface area contributed by atoms with Gasteiger partial charge < -0.3 is 74.3 Å². The second-order valence-electron chi connectivity index (χ2n) is 23.4. The predicted octanol–water partition coefficient (Wildman–Crippen LogP) is 0.781. The number of aromatic amines is 1. The first kappa shape index (κ1) is 70.5. The number of ketones is 3. The number of likely N-dealkylation sites (tertiary alicyclic amines) is 1. The highest BCUT2D eigenvalue weighted by molar-refractivity contribution is 6.00. The number of phenols is 1. The van der Waals surface area contributed by atoms with Gasteiger partial charge in [0.05, 0.1) is 42.7 Å². The van der Waals surface area contributed by atoms with Gasteiger partial charge in [0.1, 0.15) is 23.9 Å². The molecule has 1 aromatic heterocycles. The zero-order valence-corrected chi connectivity index (χ0v) is 50.9. The number of aromatic nitrogens is 1. The van der Waals surface area contributed by atoms with Gasteiger partial charge in [-0.1, -0.05) is 82.2 Å². The van der Waals surface area contributed by atoms with Gasteiger partial charge in [0.15, 0.2) is 23.3 Å². The fourth-order valence-electron chi connectivity index (χ4n) is 11.5. The number of β-amino-alcohol motifs (C(OH)–C–C–N with tert-alkyl or cyclic N) is 1. The summed E-state index contributed by atoms with van der Waals surface area (Å²) in [6, 6.07) is 5.68. The van der Waals surface area contributed by atoms with Gasteiger partial charge in [-0.15, -0.1) is 0 Å². The van der Waals surface area contributed by atoms with Gasteiger partial charge in [0, 0.05) is 95.0 Å². The van der Waals surface area contributed by atoms with Gasteiger partial charge in [-0.05, 0) is 67.9 Å². The number of nitrogens with one attached hydrogen (secondary N) is 7. The second-order valence-corrected chi connectivity index (χ2v) is 23.4. The van der Waals surface area contributed by atoms with Crippen molar-refractivity contribution in [3.63, 3.8) is 0 Å². The molecule has 1 aliphatic carbocycles. The first-order chi connectivity index (χ1) is 41.9. The van der Waals surface area contributed by atoms with Crippen molar-refractivity contribution in [2.24, 2.45) is 39.9 Å². The third-order valence-electron chi connectivity index (χ3n) is 16.4. The number of aliphatic hydroxyl groups excluding tert-OH is 2. The Labute approximate surface area is 512 Å². The number of para-hydroxylation sites is 1. The normalized spacial score (nSPS) is 18.1. The zero-order chi connectivity index (χ0) is 64.6. The molecule has 0 radical (unpaired) electrons.